The van der Waals surface area contributed by atoms with Gasteiger partial charge in [0, 0.05) is 45.0 Å². The smallest absolute Gasteiger partial charge is 0.336 e. The molecule has 0 radical (unpaired) electrons. The molecule has 0 saturated carbocycles. The van der Waals surface area contributed by atoms with Gasteiger partial charge in [0.2, 0.25) is 11.6 Å². The van der Waals surface area contributed by atoms with Gasteiger partial charge in [-0.25, -0.2) is 14.5 Å². The van der Waals surface area contributed by atoms with Gasteiger partial charge < -0.3 is 14.6 Å². The van der Waals surface area contributed by atoms with Crippen molar-refractivity contribution in [3.8, 4) is 11.1 Å². The third-order valence-corrected chi connectivity index (χ3v) is 5.73. The number of benzene rings is 1. The van der Waals surface area contributed by atoms with E-state index >= 15 is 0 Å². The minimum atomic E-state index is -0.973. The highest BCUT2D eigenvalue weighted by atomic mass is 16.7. The van der Waals surface area contributed by atoms with Crippen LogP contribution in [0.4, 0.5) is 0 Å². The van der Waals surface area contributed by atoms with Crippen LogP contribution < -0.4 is 0 Å². The lowest BCUT2D eigenvalue weighted by Crippen LogP contribution is -2.32. The van der Waals surface area contributed by atoms with E-state index in [4.69, 9.17) is 19.6 Å². The lowest BCUT2D eigenvalue weighted by atomic mass is 10.0. The van der Waals surface area contributed by atoms with E-state index < -0.39 is 11.8 Å². The Morgan fingerprint density at radius 2 is 1.82 bits per heavy atom. The molecule has 2 aromatic heterocycles. The maximum atomic E-state index is 11.5. The minimum absolute atomic E-state index is 0.228. The molecule has 0 unspecified atom stereocenters. The Bertz CT molecular complexity index is 1060. The Balaban J connectivity index is 1.89. The molecule has 8 nitrogen and oxygen atoms in total. The fourth-order valence-corrected chi connectivity index (χ4v) is 3.84. The first kappa shape index (κ1) is 24.5. The Labute approximate surface area is 194 Å². The number of aromatic carboxylic acids is 1. The van der Waals surface area contributed by atoms with Crippen LogP contribution in [0.5, 0.6) is 0 Å². The number of carboxylic acids is 1. The molecule has 8 heteroatoms. The second kappa shape index (κ2) is 11.2. The molecular formula is C25H32N4O4. The Kier molecular flexibility index (Phi) is 8.30. The van der Waals surface area contributed by atoms with E-state index in [0.29, 0.717) is 24.4 Å². The molecule has 0 amide bonds. The lowest BCUT2D eigenvalue weighted by Gasteiger charge is -2.27. The van der Waals surface area contributed by atoms with Crippen LogP contribution in [0.15, 0.2) is 42.7 Å². The predicted octanol–water partition coefficient (Wildman–Crippen LogP) is 4.67. The maximum Gasteiger partial charge on any atom is 0.336 e. The Morgan fingerprint density at radius 1 is 1.09 bits per heavy atom. The summed E-state index contributed by atoms with van der Waals surface area (Å²) in [5.41, 5.74) is 2.65. The van der Waals surface area contributed by atoms with Crippen molar-refractivity contribution < 1.29 is 19.4 Å². The van der Waals surface area contributed by atoms with Crippen molar-refractivity contribution in [2.75, 3.05) is 14.2 Å². The first-order chi connectivity index (χ1) is 16.0. The molecular weight excluding hydrogens is 420 g/mol. The molecule has 0 spiro atoms. The maximum absolute atomic E-state index is 11.5. The third-order valence-electron chi connectivity index (χ3n) is 5.73. The molecule has 176 valence electrons. The number of hydrogen-bond acceptors (Lipinski definition) is 6. The summed E-state index contributed by atoms with van der Waals surface area (Å²) in [6.07, 6.45) is 7.43. The second-order valence-corrected chi connectivity index (χ2v) is 7.95. The molecule has 0 saturated heterocycles. The fraction of sp³-hybridized carbons (Fsp3) is 0.440. The summed E-state index contributed by atoms with van der Waals surface area (Å²) in [5.74, 6) is -0.505. The summed E-state index contributed by atoms with van der Waals surface area (Å²) in [4.78, 5) is 20.4. The molecule has 3 aromatic rings. The third kappa shape index (κ3) is 5.46. The first-order valence-electron chi connectivity index (χ1n) is 11.3. The number of aryl methyl sites for hydroxylation is 1. The highest BCUT2D eigenvalue weighted by Crippen LogP contribution is 2.30. The van der Waals surface area contributed by atoms with Crippen molar-refractivity contribution in [1.29, 1.82) is 0 Å². The number of rotatable bonds is 12. The monoisotopic (exact) mass is 452 g/mol. The van der Waals surface area contributed by atoms with E-state index in [1.165, 1.54) is 12.3 Å². The number of unbranched alkanes of at least 4 members (excludes halogenated alkanes) is 1. The van der Waals surface area contributed by atoms with Crippen LogP contribution in [-0.4, -0.2) is 45.0 Å². The molecule has 2 heterocycles. The van der Waals surface area contributed by atoms with E-state index in [2.05, 4.69) is 18.8 Å². The van der Waals surface area contributed by atoms with Crippen LogP contribution in [0, 0.1) is 0 Å². The summed E-state index contributed by atoms with van der Waals surface area (Å²) in [7, 11) is 3.25. The Hall–Kier alpha value is -3.10. The number of aromatic nitrogens is 4. The molecule has 0 bridgehead atoms. The predicted molar refractivity (Wildman–Crippen MR) is 125 cm³/mol. The molecule has 0 aliphatic rings. The zero-order valence-corrected chi connectivity index (χ0v) is 19.7. The van der Waals surface area contributed by atoms with Gasteiger partial charge in [0.15, 0.2) is 0 Å². The number of nitrogens with zero attached hydrogens (tertiary/aromatic N) is 4. The zero-order valence-electron chi connectivity index (χ0n) is 19.7. The molecule has 0 aliphatic heterocycles. The number of carbonyl (C=O) groups is 1. The summed E-state index contributed by atoms with van der Waals surface area (Å²) in [6.45, 7) is 4.77. The van der Waals surface area contributed by atoms with Crippen molar-refractivity contribution in [1.82, 2.24) is 19.7 Å². The summed E-state index contributed by atoms with van der Waals surface area (Å²) in [5, 5.41) is 14.2. The first-order valence-corrected chi connectivity index (χ1v) is 11.3. The average Bonchev–Trinajstić information content (AvgIpc) is 3.23. The number of carboxylic acid groups (broad SMARTS) is 1. The van der Waals surface area contributed by atoms with Crippen molar-refractivity contribution in [3.63, 3.8) is 0 Å². The largest absolute Gasteiger partial charge is 0.478 e. The zero-order chi connectivity index (χ0) is 23.8. The van der Waals surface area contributed by atoms with Gasteiger partial charge >= 0.3 is 5.97 Å². The van der Waals surface area contributed by atoms with E-state index in [9.17, 15) is 9.90 Å². The number of hydrogen-bond donors (Lipinski definition) is 1. The highest BCUT2D eigenvalue weighted by Gasteiger charge is 2.37. The normalized spacial score (nSPS) is 11.6. The average molecular weight is 453 g/mol. The molecule has 1 aromatic carbocycles. The van der Waals surface area contributed by atoms with Crippen LogP contribution in [0.3, 0.4) is 0 Å². The topological polar surface area (TPSA) is 99.4 Å². The Morgan fingerprint density at radius 3 is 2.42 bits per heavy atom. The molecule has 0 atom stereocenters. The van der Waals surface area contributed by atoms with Gasteiger partial charge in [-0.3, -0.25) is 4.98 Å². The molecule has 3 rings (SSSR count). The van der Waals surface area contributed by atoms with E-state index in [0.717, 1.165) is 42.6 Å². The molecule has 1 N–H and O–H groups in total. The molecule has 0 fully saturated rings. The van der Waals surface area contributed by atoms with Crippen molar-refractivity contribution >= 4 is 5.97 Å². The van der Waals surface area contributed by atoms with Crippen LogP contribution in [0.25, 0.3) is 11.1 Å². The van der Waals surface area contributed by atoms with Gasteiger partial charge in [-0.05, 0) is 30.0 Å². The van der Waals surface area contributed by atoms with Gasteiger partial charge in [0.25, 0.3) is 0 Å². The van der Waals surface area contributed by atoms with Crippen molar-refractivity contribution in [2.45, 2.75) is 58.3 Å². The van der Waals surface area contributed by atoms with Crippen LogP contribution in [0.1, 0.15) is 67.1 Å². The molecule has 0 aliphatic carbocycles. The fourth-order valence-electron chi connectivity index (χ4n) is 3.84. The van der Waals surface area contributed by atoms with E-state index in [-0.39, 0.29) is 5.56 Å². The second-order valence-electron chi connectivity index (χ2n) is 7.95. The SMILES string of the molecule is CCCCC(OC)(OC)c1nc(CCC)n(Cc2ccc(-c3cnccc3C(=O)O)cc2)n1. The lowest BCUT2D eigenvalue weighted by molar-refractivity contribution is -0.226. The van der Waals surface area contributed by atoms with Crippen LogP contribution in [0.2, 0.25) is 0 Å². The summed E-state index contributed by atoms with van der Waals surface area (Å²) < 4.78 is 13.4. The van der Waals surface area contributed by atoms with Gasteiger partial charge in [-0.2, -0.15) is 0 Å². The van der Waals surface area contributed by atoms with Gasteiger partial charge in [-0.1, -0.05) is 44.5 Å². The van der Waals surface area contributed by atoms with Crippen molar-refractivity contribution in [2.24, 2.45) is 0 Å². The van der Waals surface area contributed by atoms with Crippen molar-refractivity contribution in [3.05, 3.63) is 65.5 Å². The van der Waals surface area contributed by atoms with Crippen LogP contribution >= 0.6 is 0 Å². The van der Waals surface area contributed by atoms with E-state index in [1.807, 2.05) is 28.9 Å². The standard InChI is InChI=1S/C25H32N4O4/c1-5-7-14-25(32-3,33-4)24-27-22(8-6-2)29(28-24)17-18-9-11-19(12-10-18)21-16-26-15-13-20(21)23(30)31/h9-13,15-16H,5-8,14,17H2,1-4H3,(H,30,31). The quantitative estimate of drug-likeness (QED) is 0.399. The number of pyridine rings is 1. The summed E-state index contributed by atoms with van der Waals surface area (Å²) in [6, 6.07) is 9.28. The summed E-state index contributed by atoms with van der Waals surface area (Å²) >= 11 is 0. The number of ether oxygens (including phenoxy) is 2. The van der Waals surface area contributed by atoms with Gasteiger partial charge in [0.1, 0.15) is 5.82 Å². The van der Waals surface area contributed by atoms with E-state index in [1.54, 1.807) is 20.4 Å². The molecule has 33 heavy (non-hydrogen) atoms. The highest BCUT2D eigenvalue weighted by molar-refractivity contribution is 5.95. The minimum Gasteiger partial charge on any atom is -0.478 e. The van der Waals surface area contributed by atoms with Gasteiger partial charge in [-0.15, -0.1) is 5.10 Å². The van der Waals surface area contributed by atoms with Gasteiger partial charge in [0.05, 0.1) is 12.1 Å². The number of methoxy groups -OCH3 is 2. The van der Waals surface area contributed by atoms with Crippen LogP contribution in [-0.2, 0) is 28.2 Å².